The predicted molar refractivity (Wildman–Crippen MR) is 71.7 cm³/mol. The summed E-state index contributed by atoms with van der Waals surface area (Å²) in [6.45, 7) is 0. The molecule has 0 bridgehead atoms. The fourth-order valence-electron chi connectivity index (χ4n) is 1.87. The second-order valence-corrected chi connectivity index (χ2v) is 3.92. The third-order valence-electron chi connectivity index (χ3n) is 2.80. The summed E-state index contributed by atoms with van der Waals surface area (Å²) in [5.41, 5.74) is -0.320. The highest BCUT2D eigenvalue weighted by Crippen LogP contribution is 2.37. The minimum Gasteiger partial charge on any atom is -0.497 e. The Morgan fingerprint density at radius 3 is 2.10 bits per heavy atom. The van der Waals surface area contributed by atoms with Crippen molar-refractivity contribution in [3.05, 3.63) is 62.7 Å². The first kappa shape index (κ1) is 13.5. The topological polar surface area (TPSA) is 95.5 Å². The molecule has 0 saturated heterocycles. The smallest absolute Gasteiger partial charge is 0.353 e. The van der Waals surface area contributed by atoms with E-state index in [1.54, 1.807) is 24.3 Å². The summed E-state index contributed by atoms with van der Waals surface area (Å²) < 4.78 is 5.00. The number of hydrogen-bond donors (Lipinski definition) is 0. The van der Waals surface area contributed by atoms with Gasteiger partial charge in [-0.25, -0.2) is 0 Å². The molecule has 0 heterocycles. The Kier molecular flexibility index (Phi) is 3.60. The van der Waals surface area contributed by atoms with Crippen molar-refractivity contribution in [1.29, 1.82) is 0 Å². The van der Waals surface area contributed by atoms with Gasteiger partial charge in [0.25, 0.3) is 0 Å². The van der Waals surface area contributed by atoms with Crippen LogP contribution in [0.3, 0.4) is 0 Å². The Bertz CT molecular complexity index is 667. The fourth-order valence-corrected chi connectivity index (χ4v) is 1.87. The number of ether oxygens (including phenoxy) is 1. The van der Waals surface area contributed by atoms with E-state index in [4.69, 9.17) is 4.74 Å². The molecule has 7 nitrogen and oxygen atoms in total. The quantitative estimate of drug-likeness (QED) is 0.630. The number of nitrogens with zero attached hydrogens (tertiary/aromatic N) is 2. The van der Waals surface area contributed by atoms with Gasteiger partial charge in [-0.05, 0) is 23.8 Å². The standard InChI is InChI=1S/C13H10N2O5/c1-20-10-7-5-9(6-8-10)11-3-2-4-12(14(16)17)13(11)15(18)19/h2-8H,1H3. The maximum atomic E-state index is 11.1. The molecule has 0 aliphatic heterocycles. The van der Waals surface area contributed by atoms with Crippen molar-refractivity contribution in [1.82, 2.24) is 0 Å². The zero-order valence-electron chi connectivity index (χ0n) is 10.5. The maximum absolute atomic E-state index is 11.1. The van der Waals surface area contributed by atoms with E-state index >= 15 is 0 Å². The minimum atomic E-state index is -0.759. The van der Waals surface area contributed by atoms with Crippen LogP contribution in [0.15, 0.2) is 42.5 Å². The molecule has 0 saturated carbocycles. The highest BCUT2D eigenvalue weighted by molar-refractivity contribution is 5.79. The summed E-state index contributed by atoms with van der Waals surface area (Å²) in [4.78, 5) is 20.5. The number of nitro benzene ring substituents is 2. The lowest BCUT2D eigenvalue weighted by Gasteiger charge is -2.05. The van der Waals surface area contributed by atoms with Gasteiger partial charge in [0, 0.05) is 6.07 Å². The molecule has 0 amide bonds. The van der Waals surface area contributed by atoms with Crippen LogP contribution in [0.2, 0.25) is 0 Å². The van der Waals surface area contributed by atoms with E-state index < -0.39 is 21.2 Å². The van der Waals surface area contributed by atoms with E-state index in [1.165, 1.54) is 19.2 Å². The van der Waals surface area contributed by atoms with Crippen LogP contribution in [0.5, 0.6) is 5.75 Å². The summed E-state index contributed by atoms with van der Waals surface area (Å²) in [6.07, 6.45) is 0. The van der Waals surface area contributed by atoms with Gasteiger partial charge >= 0.3 is 11.4 Å². The lowest BCUT2D eigenvalue weighted by atomic mass is 10.0. The van der Waals surface area contributed by atoms with Crippen molar-refractivity contribution in [3.8, 4) is 16.9 Å². The zero-order chi connectivity index (χ0) is 14.7. The van der Waals surface area contributed by atoms with E-state index in [9.17, 15) is 20.2 Å². The third kappa shape index (κ3) is 2.41. The molecule has 2 aromatic rings. The Balaban J connectivity index is 2.63. The van der Waals surface area contributed by atoms with E-state index in [2.05, 4.69) is 0 Å². The number of para-hydroxylation sites is 1. The molecular formula is C13H10N2O5. The van der Waals surface area contributed by atoms with Crippen LogP contribution in [0, 0.1) is 20.2 Å². The molecule has 2 aromatic carbocycles. The van der Waals surface area contributed by atoms with E-state index in [0.717, 1.165) is 6.07 Å². The van der Waals surface area contributed by atoms with Crippen LogP contribution in [-0.4, -0.2) is 17.0 Å². The Morgan fingerprint density at radius 2 is 1.60 bits per heavy atom. The molecule has 0 radical (unpaired) electrons. The van der Waals surface area contributed by atoms with Crippen LogP contribution in [0.1, 0.15) is 0 Å². The largest absolute Gasteiger partial charge is 0.497 e. The molecule has 102 valence electrons. The van der Waals surface area contributed by atoms with Crippen LogP contribution in [-0.2, 0) is 0 Å². The molecule has 7 heteroatoms. The monoisotopic (exact) mass is 274 g/mol. The minimum absolute atomic E-state index is 0.201. The average molecular weight is 274 g/mol. The van der Waals surface area contributed by atoms with Gasteiger partial charge in [0.1, 0.15) is 5.75 Å². The predicted octanol–water partition coefficient (Wildman–Crippen LogP) is 3.18. The summed E-state index contributed by atoms with van der Waals surface area (Å²) in [5, 5.41) is 22.0. The fraction of sp³-hybridized carbons (Fsp3) is 0.0769. The molecule has 0 aromatic heterocycles. The highest BCUT2D eigenvalue weighted by atomic mass is 16.6. The van der Waals surface area contributed by atoms with Crippen LogP contribution >= 0.6 is 0 Å². The molecular weight excluding hydrogens is 264 g/mol. The molecule has 0 N–H and O–H groups in total. The summed E-state index contributed by atoms with van der Waals surface area (Å²) >= 11 is 0. The highest BCUT2D eigenvalue weighted by Gasteiger charge is 2.28. The first-order valence-corrected chi connectivity index (χ1v) is 5.61. The van der Waals surface area contributed by atoms with Crippen molar-refractivity contribution in [2.24, 2.45) is 0 Å². The number of nitro groups is 2. The second kappa shape index (κ2) is 5.35. The molecule has 0 aliphatic carbocycles. The van der Waals surface area contributed by atoms with Gasteiger partial charge in [0.05, 0.1) is 22.5 Å². The third-order valence-corrected chi connectivity index (χ3v) is 2.80. The van der Waals surface area contributed by atoms with Gasteiger partial charge in [0.2, 0.25) is 0 Å². The van der Waals surface area contributed by atoms with Gasteiger partial charge in [-0.15, -0.1) is 0 Å². The van der Waals surface area contributed by atoms with Crippen molar-refractivity contribution in [2.75, 3.05) is 7.11 Å². The number of rotatable bonds is 4. The molecule has 0 fully saturated rings. The molecule has 0 atom stereocenters. The Hall–Kier alpha value is -2.96. The van der Waals surface area contributed by atoms with Gasteiger partial charge < -0.3 is 4.74 Å². The molecule has 0 unspecified atom stereocenters. The van der Waals surface area contributed by atoms with Gasteiger partial charge in [-0.2, -0.15) is 0 Å². The van der Waals surface area contributed by atoms with Crippen molar-refractivity contribution in [3.63, 3.8) is 0 Å². The van der Waals surface area contributed by atoms with Crippen LogP contribution in [0.4, 0.5) is 11.4 Å². The van der Waals surface area contributed by atoms with E-state index in [1.807, 2.05) is 0 Å². The second-order valence-electron chi connectivity index (χ2n) is 3.92. The molecule has 20 heavy (non-hydrogen) atoms. The maximum Gasteiger partial charge on any atom is 0.353 e. The van der Waals surface area contributed by atoms with E-state index in [-0.39, 0.29) is 5.56 Å². The first-order valence-electron chi connectivity index (χ1n) is 5.61. The van der Waals surface area contributed by atoms with Crippen LogP contribution < -0.4 is 4.74 Å². The number of hydrogen-bond acceptors (Lipinski definition) is 5. The summed E-state index contributed by atoms with van der Waals surface area (Å²) in [6, 6.07) is 10.5. The number of methoxy groups -OCH3 is 1. The Morgan fingerprint density at radius 1 is 0.950 bits per heavy atom. The van der Waals surface area contributed by atoms with Crippen molar-refractivity contribution in [2.45, 2.75) is 0 Å². The normalized spacial score (nSPS) is 10.1. The number of benzene rings is 2. The lowest BCUT2D eigenvalue weighted by molar-refractivity contribution is -0.422. The van der Waals surface area contributed by atoms with Gasteiger partial charge in [0.15, 0.2) is 0 Å². The van der Waals surface area contributed by atoms with Gasteiger partial charge in [-0.1, -0.05) is 18.2 Å². The Labute approximate surface area is 113 Å². The summed E-state index contributed by atoms with van der Waals surface area (Å²) in [5.74, 6) is 0.599. The van der Waals surface area contributed by atoms with Gasteiger partial charge in [-0.3, -0.25) is 20.2 Å². The van der Waals surface area contributed by atoms with Crippen LogP contribution in [0.25, 0.3) is 11.1 Å². The van der Waals surface area contributed by atoms with Crippen molar-refractivity contribution < 1.29 is 14.6 Å². The SMILES string of the molecule is COc1ccc(-c2cccc([N+](=O)[O-])c2[N+](=O)[O-])cc1. The van der Waals surface area contributed by atoms with Crippen molar-refractivity contribution >= 4 is 11.4 Å². The molecule has 0 aliphatic rings. The van der Waals surface area contributed by atoms with E-state index in [0.29, 0.717) is 11.3 Å². The first-order chi connectivity index (χ1) is 9.54. The average Bonchev–Trinajstić information content (AvgIpc) is 2.46. The molecule has 0 spiro atoms. The summed E-state index contributed by atoms with van der Waals surface area (Å²) in [7, 11) is 1.50. The zero-order valence-corrected chi connectivity index (χ0v) is 10.5. The molecule has 2 rings (SSSR count). The lowest BCUT2D eigenvalue weighted by Crippen LogP contribution is -1.98.